The highest BCUT2D eigenvalue weighted by Gasteiger charge is 2.24. The van der Waals surface area contributed by atoms with E-state index in [9.17, 15) is 9.90 Å². The van der Waals surface area contributed by atoms with Crippen LogP contribution in [-0.4, -0.2) is 35.6 Å². The maximum absolute atomic E-state index is 11.6. The van der Waals surface area contributed by atoms with E-state index in [4.69, 9.17) is 0 Å². The Morgan fingerprint density at radius 2 is 1.64 bits per heavy atom. The molecule has 1 atom stereocenters. The predicted octanol–water partition coefficient (Wildman–Crippen LogP) is 5.24. The normalized spacial score (nSPS) is 21.6. The summed E-state index contributed by atoms with van der Waals surface area (Å²) in [6.45, 7) is 4.18. The van der Waals surface area contributed by atoms with Gasteiger partial charge in [-0.3, -0.25) is 0 Å². The molecule has 3 aromatic rings. The molecular weight excluding hydrogens is 368 g/mol. The Labute approximate surface area is 169 Å². The number of rotatable bonds is 4. The molecule has 4 heterocycles. The van der Waals surface area contributed by atoms with Gasteiger partial charge in [0.05, 0.1) is 0 Å². The van der Waals surface area contributed by atoms with Crippen LogP contribution in [0.4, 0.5) is 5.69 Å². The average molecular weight is 395 g/mol. The molecule has 3 aliphatic heterocycles. The van der Waals surface area contributed by atoms with Gasteiger partial charge in [0.25, 0.3) is 0 Å². The summed E-state index contributed by atoms with van der Waals surface area (Å²) in [5, 5.41) is 15.5. The molecule has 0 aliphatic carbocycles. The van der Waals surface area contributed by atoms with Crippen molar-refractivity contribution in [3.8, 4) is 0 Å². The average Bonchev–Trinajstić information content (AvgIpc) is 3.18. The number of fused-ring (bicyclic) bond motifs is 4. The van der Waals surface area contributed by atoms with Crippen molar-refractivity contribution in [2.75, 3.05) is 25.0 Å². The van der Waals surface area contributed by atoms with E-state index in [0.29, 0.717) is 0 Å². The second kappa shape index (κ2) is 8.76. The molecule has 28 heavy (non-hydrogen) atoms. The molecule has 5 heteroatoms. The molecule has 4 nitrogen and oxygen atoms in total. The lowest BCUT2D eigenvalue weighted by Gasteiger charge is -2.38. The highest BCUT2D eigenvalue weighted by atomic mass is 32.1. The molecule has 0 spiro atoms. The van der Waals surface area contributed by atoms with E-state index in [1.54, 1.807) is 11.3 Å². The zero-order valence-electron chi connectivity index (χ0n) is 15.9. The van der Waals surface area contributed by atoms with Crippen LogP contribution in [0.3, 0.4) is 0 Å². The summed E-state index contributed by atoms with van der Waals surface area (Å²) in [4.78, 5) is 14.2. The first-order valence-electron chi connectivity index (χ1n) is 9.93. The highest BCUT2D eigenvalue weighted by molar-refractivity contribution is 7.17. The number of carboxylic acid groups (broad SMARTS) is 1. The van der Waals surface area contributed by atoms with Crippen LogP contribution in [0.25, 0.3) is 10.1 Å². The number of anilines is 1. The zero-order valence-corrected chi connectivity index (χ0v) is 16.7. The highest BCUT2D eigenvalue weighted by Crippen LogP contribution is 2.32. The summed E-state index contributed by atoms with van der Waals surface area (Å²) in [6.07, 6.45) is 4.46. The Hall–Kier alpha value is -2.37. The number of nitrogens with zero attached hydrogens (tertiary/aromatic N) is 1. The fourth-order valence-electron chi connectivity index (χ4n) is 4.06. The van der Waals surface area contributed by atoms with Crippen LogP contribution in [0.5, 0.6) is 0 Å². The van der Waals surface area contributed by atoms with Gasteiger partial charge >= 0.3 is 5.97 Å². The smallest absolute Gasteiger partial charge is 0.330 e. The van der Waals surface area contributed by atoms with Crippen molar-refractivity contribution in [2.24, 2.45) is 5.92 Å². The first-order valence-corrected chi connectivity index (χ1v) is 10.8. The third-order valence-corrected chi connectivity index (χ3v) is 6.70. The van der Waals surface area contributed by atoms with Crippen molar-refractivity contribution in [3.05, 3.63) is 65.5 Å². The number of carbonyl (C=O) groups is 1. The third-order valence-electron chi connectivity index (χ3n) is 5.71. The summed E-state index contributed by atoms with van der Waals surface area (Å²) in [7, 11) is 0. The van der Waals surface area contributed by atoms with E-state index in [2.05, 4.69) is 10.2 Å². The molecule has 3 aliphatic rings. The standard InChI is InChI=1S/C16H13NO2S.C7H13N/c18-16(19)15(17-11-6-2-1-3-7-11)13-10-20-14-9-5-4-8-12(13)14;1-4-8-5-2-7(1)3-6-8/h1-10,15,17H,(H,18,19);7H,1-6H2. The molecule has 0 radical (unpaired) electrons. The minimum absolute atomic E-state index is 0.742. The second-order valence-electron chi connectivity index (χ2n) is 7.54. The Kier molecular flexibility index (Phi) is 5.93. The molecule has 146 valence electrons. The summed E-state index contributed by atoms with van der Waals surface area (Å²) in [6, 6.07) is 16.5. The number of hydrogen-bond donors (Lipinski definition) is 2. The van der Waals surface area contributed by atoms with E-state index in [0.717, 1.165) is 27.3 Å². The first kappa shape index (κ1) is 19.0. The van der Waals surface area contributed by atoms with Crippen molar-refractivity contribution < 1.29 is 9.90 Å². The molecule has 3 fully saturated rings. The lowest BCUT2D eigenvalue weighted by molar-refractivity contribution is -0.138. The van der Waals surface area contributed by atoms with Gasteiger partial charge in [-0.05, 0) is 73.8 Å². The fourth-order valence-corrected chi connectivity index (χ4v) is 5.05. The number of aliphatic carboxylic acids is 1. The monoisotopic (exact) mass is 394 g/mol. The van der Waals surface area contributed by atoms with E-state index in [1.807, 2.05) is 60.0 Å². The molecule has 1 aromatic heterocycles. The van der Waals surface area contributed by atoms with Crippen molar-refractivity contribution in [2.45, 2.75) is 25.3 Å². The number of carboxylic acids is 1. The van der Waals surface area contributed by atoms with Gasteiger partial charge in [0, 0.05) is 16.0 Å². The first-order chi connectivity index (χ1) is 13.7. The van der Waals surface area contributed by atoms with Crippen LogP contribution in [-0.2, 0) is 4.79 Å². The van der Waals surface area contributed by atoms with Crippen molar-refractivity contribution >= 4 is 33.1 Å². The predicted molar refractivity (Wildman–Crippen MR) is 116 cm³/mol. The number of benzene rings is 2. The van der Waals surface area contributed by atoms with Gasteiger partial charge in [0.1, 0.15) is 0 Å². The largest absolute Gasteiger partial charge is 0.479 e. The van der Waals surface area contributed by atoms with Crippen LogP contribution in [0.1, 0.15) is 30.9 Å². The van der Waals surface area contributed by atoms with Crippen molar-refractivity contribution in [1.82, 2.24) is 4.90 Å². The molecule has 2 N–H and O–H groups in total. The van der Waals surface area contributed by atoms with Crippen LogP contribution >= 0.6 is 11.3 Å². The Morgan fingerprint density at radius 1 is 1.00 bits per heavy atom. The van der Waals surface area contributed by atoms with Gasteiger partial charge < -0.3 is 15.3 Å². The number of piperidine rings is 3. The van der Waals surface area contributed by atoms with E-state index < -0.39 is 12.0 Å². The fraction of sp³-hybridized carbons (Fsp3) is 0.348. The van der Waals surface area contributed by atoms with Crippen LogP contribution in [0.2, 0.25) is 0 Å². The molecule has 2 bridgehead atoms. The number of hydrogen-bond acceptors (Lipinski definition) is 4. The zero-order chi connectivity index (χ0) is 19.3. The summed E-state index contributed by atoms with van der Waals surface area (Å²) >= 11 is 1.57. The molecule has 2 aromatic carbocycles. The molecule has 6 rings (SSSR count). The van der Waals surface area contributed by atoms with Gasteiger partial charge in [0.15, 0.2) is 6.04 Å². The van der Waals surface area contributed by atoms with E-state index in [1.165, 1.54) is 38.9 Å². The number of para-hydroxylation sites is 1. The third kappa shape index (κ3) is 4.37. The van der Waals surface area contributed by atoms with Gasteiger partial charge in [0.2, 0.25) is 0 Å². The molecule has 3 saturated heterocycles. The maximum atomic E-state index is 11.6. The quantitative estimate of drug-likeness (QED) is 0.635. The van der Waals surface area contributed by atoms with Gasteiger partial charge in [-0.15, -0.1) is 11.3 Å². The minimum Gasteiger partial charge on any atom is -0.479 e. The Bertz CT molecular complexity index is 893. The van der Waals surface area contributed by atoms with Gasteiger partial charge in [-0.1, -0.05) is 36.4 Å². The van der Waals surface area contributed by atoms with Gasteiger partial charge in [-0.25, -0.2) is 4.79 Å². The number of nitrogens with one attached hydrogen (secondary N) is 1. The molecule has 1 unspecified atom stereocenters. The molecule has 0 saturated carbocycles. The Morgan fingerprint density at radius 3 is 2.21 bits per heavy atom. The maximum Gasteiger partial charge on any atom is 0.330 e. The van der Waals surface area contributed by atoms with Crippen molar-refractivity contribution in [1.29, 1.82) is 0 Å². The Balaban J connectivity index is 0.000000198. The lowest BCUT2D eigenvalue weighted by Crippen LogP contribution is -2.41. The van der Waals surface area contributed by atoms with Crippen LogP contribution in [0, 0.1) is 5.92 Å². The van der Waals surface area contributed by atoms with Crippen molar-refractivity contribution in [3.63, 3.8) is 0 Å². The lowest BCUT2D eigenvalue weighted by atomic mass is 9.89. The number of thiophene rings is 1. The summed E-state index contributed by atoms with van der Waals surface area (Å²) in [5.74, 6) is 0.234. The van der Waals surface area contributed by atoms with E-state index in [-0.39, 0.29) is 0 Å². The topological polar surface area (TPSA) is 52.6 Å². The summed E-state index contributed by atoms with van der Waals surface area (Å²) < 4.78 is 1.10. The summed E-state index contributed by atoms with van der Waals surface area (Å²) in [5.41, 5.74) is 1.61. The second-order valence-corrected chi connectivity index (χ2v) is 8.45. The minimum atomic E-state index is -0.877. The van der Waals surface area contributed by atoms with E-state index >= 15 is 0 Å². The molecule has 0 amide bonds. The van der Waals surface area contributed by atoms with Gasteiger partial charge in [-0.2, -0.15) is 0 Å². The van der Waals surface area contributed by atoms with Crippen LogP contribution in [0.15, 0.2) is 60.0 Å². The SMILES string of the molecule is C1CN2CCC1CC2.O=C(O)C(Nc1ccccc1)c1csc2ccccc12. The molecular formula is C23H26N2O2S. The van der Waals surface area contributed by atoms with Crippen LogP contribution < -0.4 is 5.32 Å².